The van der Waals surface area contributed by atoms with E-state index in [-0.39, 0.29) is 5.91 Å². The summed E-state index contributed by atoms with van der Waals surface area (Å²) in [5.41, 5.74) is 5.56. The first-order chi connectivity index (χ1) is 14.5. The largest absolute Gasteiger partial charge is 0.296 e. The van der Waals surface area contributed by atoms with E-state index in [4.69, 9.17) is 5.10 Å². The third kappa shape index (κ3) is 4.46. The van der Waals surface area contributed by atoms with Crippen molar-refractivity contribution < 1.29 is 4.79 Å². The molecule has 2 aromatic heterocycles. The van der Waals surface area contributed by atoms with E-state index in [2.05, 4.69) is 46.7 Å². The van der Waals surface area contributed by atoms with Gasteiger partial charge in [-0.3, -0.25) is 14.8 Å². The molecule has 0 unspecified atom stereocenters. The molecular weight excluding hydrogens is 394 g/mol. The summed E-state index contributed by atoms with van der Waals surface area (Å²) < 4.78 is 1.81. The highest BCUT2D eigenvalue weighted by Crippen LogP contribution is 2.25. The van der Waals surface area contributed by atoms with E-state index in [1.807, 2.05) is 42.8 Å². The lowest BCUT2D eigenvalue weighted by Gasteiger charge is -2.03. The highest BCUT2D eigenvalue weighted by molar-refractivity contribution is 7.15. The number of nitrogens with one attached hydrogen (secondary N) is 1. The molecule has 0 fully saturated rings. The van der Waals surface area contributed by atoms with Crippen LogP contribution in [-0.2, 0) is 13.0 Å². The number of hydrogen-bond donors (Lipinski definition) is 1. The Balaban J connectivity index is 1.67. The van der Waals surface area contributed by atoms with Crippen molar-refractivity contribution in [3.63, 3.8) is 0 Å². The van der Waals surface area contributed by atoms with E-state index < -0.39 is 0 Å². The molecule has 0 saturated heterocycles. The summed E-state index contributed by atoms with van der Waals surface area (Å²) in [5.74, 6) is -0.237. The maximum absolute atomic E-state index is 13.1. The van der Waals surface area contributed by atoms with Crippen LogP contribution in [0.4, 0.5) is 5.13 Å². The predicted octanol–water partition coefficient (Wildman–Crippen LogP) is 4.88. The summed E-state index contributed by atoms with van der Waals surface area (Å²) >= 11 is 1.39. The zero-order valence-electron chi connectivity index (χ0n) is 17.2. The first-order valence-electron chi connectivity index (χ1n) is 9.85. The van der Waals surface area contributed by atoms with Crippen LogP contribution in [0.25, 0.3) is 11.3 Å². The van der Waals surface area contributed by atoms with E-state index in [0.717, 1.165) is 28.1 Å². The van der Waals surface area contributed by atoms with Gasteiger partial charge < -0.3 is 0 Å². The maximum atomic E-state index is 13.1. The van der Waals surface area contributed by atoms with Crippen molar-refractivity contribution >= 4 is 22.4 Å². The van der Waals surface area contributed by atoms with Crippen LogP contribution >= 0.6 is 11.3 Å². The van der Waals surface area contributed by atoms with Gasteiger partial charge in [0.1, 0.15) is 10.7 Å². The number of aryl methyl sites for hydroxylation is 3. The standard InChI is InChI=1S/C23H23N5OS/c1-4-20-25-26-23(30-20)24-22(29)19-14-28(13-17-9-5-15(2)6-10-17)27-21(19)18-11-7-16(3)8-12-18/h5-12,14H,4,13H2,1-3H3,(H,24,26,29). The molecule has 0 aliphatic carbocycles. The highest BCUT2D eigenvalue weighted by Gasteiger charge is 2.19. The van der Waals surface area contributed by atoms with Gasteiger partial charge in [-0.2, -0.15) is 5.10 Å². The number of benzene rings is 2. The monoisotopic (exact) mass is 417 g/mol. The fourth-order valence-corrected chi connectivity index (χ4v) is 3.76. The summed E-state index contributed by atoms with van der Waals surface area (Å²) in [5, 5.41) is 17.1. The predicted molar refractivity (Wildman–Crippen MR) is 120 cm³/mol. The van der Waals surface area contributed by atoms with Gasteiger partial charge in [-0.15, -0.1) is 10.2 Å². The van der Waals surface area contributed by atoms with Crippen LogP contribution in [0, 0.1) is 13.8 Å². The Morgan fingerprint density at radius 3 is 2.30 bits per heavy atom. The minimum absolute atomic E-state index is 0.237. The lowest BCUT2D eigenvalue weighted by Crippen LogP contribution is -2.12. The maximum Gasteiger partial charge on any atom is 0.261 e. The van der Waals surface area contributed by atoms with Crippen molar-refractivity contribution in [3.8, 4) is 11.3 Å². The fraction of sp³-hybridized carbons (Fsp3) is 0.217. The molecule has 4 rings (SSSR count). The van der Waals surface area contributed by atoms with Crippen LogP contribution in [0.5, 0.6) is 0 Å². The SMILES string of the molecule is CCc1nnc(NC(=O)c2cn(Cc3ccc(C)cc3)nc2-c2ccc(C)cc2)s1. The van der Waals surface area contributed by atoms with Crippen LogP contribution in [-0.4, -0.2) is 25.9 Å². The Kier molecular flexibility index (Phi) is 5.72. The third-order valence-electron chi connectivity index (χ3n) is 4.79. The molecule has 4 aromatic rings. The van der Waals surface area contributed by atoms with E-state index in [0.29, 0.717) is 22.9 Å². The molecule has 0 saturated carbocycles. The van der Waals surface area contributed by atoms with Crippen LogP contribution in [0.3, 0.4) is 0 Å². The zero-order valence-corrected chi connectivity index (χ0v) is 18.0. The molecular formula is C23H23N5OS. The number of carbonyl (C=O) groups excluding carboxylic acids is 1. The molecule has 152 valence electrons. The second-order valence-corrected chi connectivity index (χ2v) is 8.31. The molecule has 2 heterocycles. The average molecular weight is 418 g/mol. The number of hydrogen-bond acceptors (Lipinski definition) is 5. The lowest BCUT2D eigenvalue weighted by molar-refractivity contribution is 0.102. The average Bonchev–Trinajstić information content (AvgIpc) is 3.37. The van der Waals surface area contributed by atoms with Crippen molar-refractivity contribution in [3.05, 3.63) is 82.0 Å². The van der Waals surface area contributed by atoms with Gasteiger partial charge in [0.25, 0.3) is 5.91 Å². The molecule has 2 aromatic carbocycles. The molecule has 7 heteroatoms. The lowest BCUT2D eigenvalue weighted by atomic mass is 10.1. The summed E-state index contributed by atoms with van der Waals surface area (Å²) in [6.45, 7) is 6.70. The molecule has 1 N–H and O–H groups in total. The molecule has 30 heavy (non-hydrogen) atoms. The second-order valence-electron chi connectivity index (χ2n) is 7.25. The number of anilines is 1. The number of rotatable bonds is 6. The van der Waals surface area contributed by atoms with Crippen molar-refractivity contribution in [1.29, 1.82) is 0 Å². The molecule has 1 amide bonds. The van der Waals surface area contributed by atoms with Crippen LogP contribution in [0.15, 0.2) is 54.7 Å². The van der Waals surface area contributed by atoms with Gasteiger partial charge in [-0.25, -0.2) is 0 Å². The molecule has 0 aliphatic rings. The molecule has 0 atom stereocenters. The fourth-order valence-electron chi connectivity index (χ4n) is 3.09. The number of nitrogens with zero attached hydrogens (tertiary/aromatic N) is 4. The van der Waals surface area contributed by atoms with Gasteiger partial charge in [-0.1, -0.05) is 77.9 Å². The Morgan fingerprint density at radius 1 is 1.00 bits per heavy atom. The van der Waals surface area contributed by atoms with Gasteiger partial charge in [0.05, 0.1) is 12.1 Å². The number of aromatic nitrogens is 4. The van der Waals surface area contributed by atoms with Crippen molar-refractivity contribution in [1.82, 2.24) is 20.0 Å². The molecule has 0 bridgehead atoms. The van der Waals surface area contributed by atoms with Crippen molar-refractivity contribution in [2.24, 2.45) is 0 Å². The number of amides is 1. The number of carbonyl (C=O) groups is 1. The van der Waals surface area contributed by atoms with E-state index in [1.54, 1.807) is 6.20 Å². The highest BCUT2D eigenvalue weighted by atomic mass is 32.1. The molecule has 6 nitrogen and oxygen atoms in total. The van der Waals surface area contributed by atoms with Gasteiger partial charge in [-0.05, 0) is 25.8 Å². The zero-order chi connectivity index (χ0) is 21.1. The molecule has 0 spiro atoms. The van der Waals surface area contributed by atoms with Gasteiger partial charge >= 0.3 is 0 Å². The quantitative estimate of drug-likeness (QED) is 0.485. The summed E-state index contributed by atoms with van der Waals surface area (Å²) in [6.07, 6.45) is 2.59. The summed E-state index contributed by atoms with van der Waals surface area (Å²) in [6, 6.07) is 16.3. The Labute approximate surface area is 179 Å². The van der Waals surface area contributed by atoms with E-state index in [9.17, 15) is 4.79 Å². The van der Waals surface area contributed by atoms with Crippen LogP contribution in [0.2, 0.25) is 0 Å². The summed E-state index contributed by atoms with van der Waals surface area (Å²) in [4.78, 5) is 13.1. The Morgan fingerprint density at radius 2 is 1.67 bits per heavy atom. The van der Waals surface area contributed by atoms with Crippen molar-refractivity contribution in [2.75, 3.05) is 5.32 Å². The van der Waals surface area contributed by atoms with Gasteiger partial charge in [0.2, 0.25) is 5.13 Å². The molecule has 0 aliphatic heterocycles. The minimum Gasteiger partial charge on any atom is -0.296 e. The summed E-state index contributed by atoms with van der Waals surface area (Å²) in [7, 11) is 0. The second kappa shape index (κ2) is 8.59. The third-order valence-corrected chi connectivity index (χ3v) is 5.77. The Hall–Kier alpha value is -3.32. The minimum atomic E-state index is -0.237. The Bertz CT molecular complexity index is 1160. The van der Waals surface area contributed by atoms with Crippen molar-refractivity contribution in [2.45, 2.75) is 33.7 Å². The van der Waals surface area contributed by atoms with E-state index >= 15 is 0 Å². The van der Waals surface area contributed by atoms with Crippen LogP contribution < -0.4 is 5.32 Å². The topological polar surface area (TPSA) is 72.7 Å². The van der Waals surface area contributed by atoms with Gasteiger partial charge in [0, 0.05) is 11.8 Å². The normalized spacial score (nSPS) is 10.9. The van der Waals surface area contributed by atoms with Crippen LogP contribution in [0.1, 0.15) is 39.0 Å². The molecule has 0 radical (unpaired) electrons. The van der Waals surface area contributed by atoms with E-state index in [1.165, 1.54) is 16.9 Å². The first-order valence-corrected chi connectivity index (χ1v) is 10.7. The first kappa shape index (κ1) is 20.0. The van der Waals surface area contributed by atoms with Gasteiger partial charge in [0.15, 0.2) is 0 Å². The smallest absolute Gasteiger partial charge is 0.261 e.